The van der Waals surface area contributed by atoms with Crippen molar-refractivity contribution in [1.82, 2.24) is 9.78 Å². The van der Waals surface area contributed by atoms with Gasteiger partial charge in [-0.1, -0.05) is 12.1 Å². The molecule has 1 aromatic heterocycles. The van der Waals surface area contributed by atoms with Gasteiger partial charge >= 0.3 is 6.18 Å². The average Bonchev–Trinajstić information content (AvgIpc) is 3.03. The number of nitrogens with two attached hydrogens (primary N) is 1. The lowest BCUT2D eigenvalue weighted by Gasteiger charge is -2.35. The Morgan fingerprint density at radius 1 is 1.22 bits per heavy atom. The number of nitrogen functional groups attached to an aromatic ring is 1. The molecule has 0 atom stereocenters. The zero-order valence-corrected chi connectivity index (χ0v) is 14.0. The number of anilines is 2. The van der Waals surface area contributed by atoms with Gasteiger partial charge in [0, 0.05) is 18.7 Å². The highest BCUT2D eigenvalue weighted by atomic mass is 19.4. The Balaban J connectivity index is 1.82. The SMILES string of the molecule is N#Cc1c(C(F)F)cccc1N1CCC(n2ncc(N)c2C(F)(F)F)CC1. The van der Waals surface area contributed by atoms with Crippen LogP contribution in [-0.4, -0.2) is 22.9 Å². The third-order valence-electron chi connectivity index (χ3n) is 4.66. The summed E-state index contributed by atoms with van der Waals surface area (Å²) < 4.78 is 66.7. The molecule has 0 amide bonds. The lowest BCUT2D eigenvalue weighted by atomic mass is 10.0. The molecule has 1 saturated heterocycles. The third-order valence-corrected chi connectivity index (χ3v) is 4.66. The molecule has 1 fully saturated rings. The molecule has 0 bridgehead atoms. The zero-order valence-electron chi connectivity index (χ0n) is 14.0. The van der Waals surface area contributed by atoms with Crippen molar-refractivity contribution >= 4 is 11.4 Å². The fourth-order valence-corrected chi connectivity index (χ4v) is 3.42. The van der Waals surface area contributed by atoms with E-state index in [4.69, 9.17) is 5.73 Å². The van der Waals surface area contributed by atoms with Crippen molar-refractivity contribution in [2.75, 3.05) is 23.7 Å². The minimum Gasteiger partial charge on any atom is -0.396 e. The summed E-state index contributed by atoms with van der Waals surface area (Å²) in [4.78, 5) is 1.74. The summed E-state index contributed by atoms with van der Waals surface area (Å²) in [6, 6.07) is 5.51. The zero-order chi connectivity index (χ0) is 19.8. The largest absolute Gasteiger partial charge is 0.435 e. The number of hydrogen-bond donors (Lipinski definition) is 1. The maximum atomic E-state index is 13.2. The Morgan fingerprint density at radius 3 is 2.44 bits per heavy atom. The van der Waals surface area contributed by atoms with Crippen LogP contribution in [0.4, 0.5) is 33.3 Å². The first-order valence-electron chi connectivity index (χ1n) is 8.20. The second-order valence-corrected chi connectivity index (χ2v) is 6.26. The molecule has 27 heavy (non-hydrogen) atoms. The molecule has 3 rings (SSSR count). The van der Waals surface area contributed by atoms with Crippen molar-refractivity contribution in [1.29, 1.82) is 5.26 Å². The number of nitrogens with zero attached hydrogens (tertiary/aromatic N) is 4. The fraction of sp³-hybridized carbons (Fsp3) is 0.412. The van der Waals surface area contributed by atoms with E-state index in [2.05, 4.69) is 5.10 Å². The van der Waals surface area contributed by atoms with E-state index in [1.807, 2.05) is 6.07 Å². The van der Waals surface area contributed by atoms with Gasteiger partial charge in [-0.25, -0.2) is 8.78 Å². The van der Waals surface area contributed by atoms with E-state index in [1.165, 1.54) is 12.1 Å². The van der Waals surface area contributed by atoms with Crippen LogP contribution in [0.2, 0.25) is 0 Å². The van der Waals surface area contributed by atoms with Crippen LogP contribution in [-0.2, 0) is 6.18 Å². The highest BCUT2D eigenvalue weighted by Gasteiger charge is 2.40. The summed E-state index contributed by atoms with van der Waals surface area (Å²) in [6.45, 7) is 0.617. The van der Waals surface area contributed by atoms with Crippen LogP contribution in [0, 0.1) is 11.3 Å². The van der Waals surface area contributed by atoms with E-state index in [0.29, 0.717) is 31.6 Å². The van der Waals surface area contributed by atoms with Crippen molar-refractivity contribution in [3.05, 3.63) is 41.2 Å². The molecule has 0 saturated carbocycles. The number of hydrogen-bond acceptors (Lipinski definition) is 4. The molecule has 144 valence electrons. The molecular formula is C17H16F5N5. The molecule has 1 aliphatic heterocycles. The van der Waals surface area contributed by atoms with E-state index in [-0.39, 0.29) is 11.1 Å². The van der Waals surface area contributed by atoms with Crippen LogP contribution in [0.3, 0.4) is 0 Å². The van der Waals surface area contributed by atoms with Crippen LogP contribution in [0.5, 0.6) is 0 Å². The molecule has 2 aromatic rings. The maximum absolute atomic E-state index is 13.2. The van der Waals surface area contributed by atoms with Crippen LogP contribution in [0.1, 0.15) is 42.1 Å². The Bertz CT molecular complexity index is 860. The summed E-state index contributed by atoms with van der Waals surface area (Å²) in [5.74, 6) is 0. The predicted molar refractivity (Wildman–Crippen MR) is 88.2 cm³/mol. The lowest BCUT2D eigenvalue weighted by Crippen LogP contribution is -2.36. The molecule has 1 aliphatic rings. The summed E-state index contributed by atoms with van der Waals surface area (Å²) in [5, 5.41) is 13.1. The third kappa shape index (κ3) is 3.54. The topological polar surface area (TPSA) is 70.9 Å². The van der Waals surface area contributed by atoms with Gasteiger partial charge in [0.15, 0.2) is 5.69 Å². The fourth-order valence-electron chi connectivity index (χ4n) is 3.42. The van der Waals surface area contributed by atoms with Crippen LogP contribution < -0.4 is 10.6 Å². The molecule has 0 radical (unpaired) electrons. The van der Waals surface area contributed by atoms with E-state index in [1.54, 1.807) is 11.0 Å². The van der Waals surface area contributed by atoms with Gasteiger partial charge in [0.2, 0.25) is 0 Å². The maximum Gasteiger partial charge on any atom is 0.435 e. The van der Waals surface area contributed by atoms with Gasteiger partial charge in [0.25, 0.3) is 6.43 Å². The minimum atomic E-state index is -4.61. The van der Waals surface area contributed by atoms with Crippen molar-refractivity contribution in [2.45, 2.75) is 31.5 Å². The van der Waals surface area contributed by atoms with Gasteiger partial charge in [-0.2, -0.15) is 23.5 Å². The predicted octanol–water partition coefficient (Wildman–Crippen LogP) is 4.13. The number of halogens is 5. The molecular weight excluding hydrogens is 369 g/mol. The lowest BCUT2D eigenvalue weighted by molar-refractivity contribution is -0.144. The molecule has 5 nitrogen and oxygen atoms in total. The first-order valence-corrected chi connectivity index (χ1v) is 8.20. The second kappa shape index (κ2) is 7.06. The quantitative estimate of drug-likeness (QED) is 0.807. The van der Waals surface area contributed by atoms with Gasteiger partial charge < -0.3 is 10.6 Å². The van der Waals surface area contributed by atoms with E-state index in [9.17, 15) is 27.2 Å². The highest BCUT2D eigenvalue weighted by molar-refractivity contribution is 5.63. The van der Waals surface area contributed by atoms with Gasteiger partial charge in [-0.15, -0.1) is 0 Å². The van der Waals surface area contributed by atoms with E-state index in [0.717, 1.165) is 10.9 Å². The molecule has 0 spiro atoms. The monoisotopic (exact) mass is 385 g/mol. The van der Waals surface area contributed by atoms with Crippen LogP contribution in [0.25, 0.3) is 0 Å². The van der Waals surface area contributed by atoms with Crippen molar-refractivity contribution in [3.8, 4) is 6.07 Å². The highest BCUT2D eigenvalue weighted by Crippen LogP contribution is 2.38. The van der Waals surface area contributed by atoms with Gasteiger partial charge in [-0.05, 0) is 18.9 Å². The standard InChI is InChI=1S/C17H16F5N5/c18-16(19)11-2-1-3-14(12(11)8-23)26-6-4-10(5-7-26)27-15(17(20,21)22)13(24)9-25-27/h1-3,9-10,16H,4-7,24H2. The van der Waals surface area contributed by atoms with Gasteiger partial charge in [0.05, 0.1) is 29.2 Å². The van der Waals surface area contributed by atoms with Crippen molar-refractivity contribution in [2.24, 2.45) is 0 Å². The molecule has 1 aromatic carbocycles. The van der Waals surface area contributed by atoms with E-state index < -0.39 is 30.0 Å². The first kappa shape index (κ1) is 18.9. The number of nitriles is 1. The molecule has 0 unspecified atom stereocenters. The normalized spacial score (nSPS) is 16.0. The summed E-state index contributed by atoms with van der Waals surface area (Å²) >= 11 is 0. The number of rotatable bonds is 3. The Morgan fingerprint density at radius 2 is 1.89 bits per heavy atom. The molecule has 2 heterocycles. The second-order valence-electron chi connectivity index (χ2n) is 6.26. The first-order chi connectivity index (χ1) is 12.7. The number of benzene rings is 1. The minimum absolute atomic E-state index is 0.106. The van der Waals surface area contributed by atoms with Crippen molar-refractivity contribution in [3.63, 3.8) is 0 Å². The number of piperidine rings is 1. The summed E-state index contributed by atoms with van der Waals surface area (Å²) in [6.07, 6.45) is -5.78. The Kier molecular flexibility index (Phi) is 4.95. The molecule has 0 aliphatic carbocycles. The number of aromatic nitrogens is 2. The molecule has 2 N–H and O–H groups in total. The van der Waals surface area contributed by atoms with E-state index >= 15 is 0 Å². The van der Waals surface area contributed by atoms with Gasteiger partial charge in [-0.3, -0.25) is 4.68 Å². The van der Waals surface area contributed by atoms with Crippen LogP contribution in [0.15, 0.2) is 24.4 Å². The van der Waals surface area contributed by atoms with Crippen LogP contribution >= 0.6 is 0 Å². The van der Waals surface area contributed by atoms with Gasteiger partial charge in [0.1, 0.15) is 6.07 Å². The van der Waals surface area contributed by atoms with Crippen molar-refractivity contribution < 1.29 is 22.0 Å². The average molecular weight is 385 g/mol. The summed E-state index contributed by atoms with van der Waals surface area (Å²) in [5.41, 5.74) is 3.92. The molecule has 10 heteroatoms. The Labute approximate surface area is 151 Å². The number of alkyl halides is 5. The summed E-state index contributed by atoms with van der Waals surface area (Å²) in [7, 11) is 0. The smallest absolute Gasteiger partial charge is 0.396 e. The Hall–Kier alpha value is -2.83.